The van der Waals surface area contributed by atoms with E-state index in [2.05, 4.69) is 15.9 Å². The summed E-state index contributed by atoms with van der Waals surface area (Å²) in [4.78, 5) is 1.05. The first kappa shape index (κ1) is 14.5. The van der Waals surface area contributed by atoms with Crippen LogP contribution in [0.15, 0.2) is 40.2 Å². The first-order valence-corrected chi connectivity index (χ1v) is 7.69. The zero-order chi connectivity index (χ0) is 13.8. The number of hydrogen-bond acceptors (Lipinski definition) is 3. The molecule has 2 nitrogen and oxygen atoms in total. The average molecular weight is 344 g/mol. The van der Waals surface area contributed by atoms with Crippen LogP contribution >= 0.6 is 27.3 Å². The Bertz CT molecular complexity index is 532. The molecule has 0 aliphatic carbocycles. The van der Waals surface area contributed by atoms with Crippen LogP contribution in [0.3, 0.4) is 0 Å². The summed E-state index contributed by atoms with van der Waals surface area (Å²) in [5.74, 6) is 0.149. The van der Waals surface area contributed by atoms with Crippen molar-refractivity contribution >= 4 is 27.3 Å². The second-order valence-electron chi connectivity index (χ2n) is 4.20. The van der Waals surface area contributed by atoms with Crippen molar-refractivity contribution in [2.75, 3.05) is 0 Å². The van der Waals surface area contributed by atoms with Crippen LogP contribution in [0, 0.1) is 5.82 Å². The normalized spacial score (nSPS) is 14.1. The minimum absolute atomic E-state index is 0.120. The van der Waals surface area contributed by atoms with Gasteiger partial charge in [-0.3, -0.25) is 0 Å². The Labute approximate surface area is 124 Å². The van der Waals surface area contributed by atoms with E-state index in [1.54, 1.807) is 23.5 Å². The van der Waals surface area contributed by atoms with Crippen molar-refractivity contribution < 1.29 is 9.13 Å². The fraction of sp³-hybridized carbons (Fsp3) is 0.286. The lowest BCUT2D eigenvalue weighted by Gasteiger charge is -2.23. The first-order chi connectivity index (χ1) is 9.11. The third kappa shape index (κ3) is 3.55. The molecule has 0 saturated heterocycles. The molecule has 2 unspecified atom stereocenters. The van der Waals surface area contributed by atoms with Gasteiger partial charge in [-0.25, -0.2) is 4.39 Å². The summed E-state index contributed by atoms with van der Waals surface area (Å²) in [5.41, 5.74) is 6.10. The molecule has 0 aliphatic rings. The van der Waals surface area contributed by atoms with Gasteiger partial charge in [0.1, 0.15) is 17.7 Å². The molecule has 0 fully saturated rings. The maximum absolute atomic E-state index is 13.5. The van der Waals surface area contributed by atoms with Gasteiger partial charge in [0.15, 0.2) is 0 Å². The van der Waals surface area contributed by atoms with Gasteiger partial charge in [0.2, 0.25) is 0 Å². The van der Waals surface area contributed by atoms with Crippen LogP contribution in [0.1, 0.15) is 24.3 Å². The Morgan fingerprint density at radius 3 is 2.79 bits per heavy atom. The molecule has 2 aromatic rings. The maximum Gasteiger partial charge on any atom is 0.148 e. The number of thiophene rings is 1. The molecule has 102 valence electrons. The van der Waals surface area contributed by atoms with E-state index in [4.69, 9.17) is 10.5 Å². The highest BCUT2D eigenvalue weighted by molar-refractivity contribution is 9.10. The molecule has 1 aromatic carbocycles. The van der Waals surface area contributed by atoms with E-state index in [0.717, 1.165) is 11.3 Å². The van der Waals surface area contributed by atoms with Crippen LogP contribution in [0.4, 0.5) is 4.39 Å². The molecule has 1 aromatic heterocycles. The minimum Gasteiger partial charge on any atom is -0.483 e. The van der Waals surface area contributed by atoms with E-state index in [-0.39, 0.29) is 18.0 Å². The van der Waals surface area contributed by atoms with Crippen molar-refractivity contribution in [3.05, 3.63) is 50.9 Å². The van der Waals surface area contributed by atoms with Gasteiger partial charge in [0, 0.05) is 17.0 Å². The molecule has 2 atom stereocenters. The van der Waals surface area contributed by atoms with E-state index in [1.165, 1.54) is 6.07 Å². The van der Waals surface area contributed by atoms with Crippen LogP contribution in [0.5, 0.6) is 5.75 Å². The molecule has 0 spiro atoms. The lowest BCUT2D eigenvalue weighted by Crippen LogP contribution is -2.30. The molecule has 0 amide bonds. The molecular weight excluding hydrogens is 329 g/mol. The number of hydrogen-bond donors (Lipinski definition) is 1. The molecule has 0 bridgehead atoms. The van der Waals surface area contributed by atoms with Crippen LogP contribution in [-0.4, -0.2) is 6.04 Å². The summed E-state index contributed by atoms with van der Waals surface area (Å²) < 4.78 is 19.8. The van der Waals surface area contributed by atoms with Crippen LogP contribution in [0.25, 0.3) is 0 Å². The molecule has 5 heteroatoms. The number of benzene rings is 1. The number of rotatable bonds is 5. The fourth-order valence-electron chi connectivity index (χ4n) is 1.72. The third-order valence-electron chi connectivity index (χ3n) is 2.84. The lowest BCUT2D eigenvalue weighted by atomic mass is 10.1. The predicted octanol–water partition coefficient (Wildman–Crippen LogP) is 4.51. The zero-order valence-corrected chi connectivity index (χ0v) is 12.9. The van der Waals surface area contributed by atoms with Crippen LogP contribution in [0.2, 0.25) is 0 Å². The molecule has 0 saturated carbocycles. The van der Waals surface area contributed by atoms with Crippen molar-refractivity contribution in [2.45, 2.75) is 25.5 Å². The van der Waals surface area contributed by atoms with Crippen LogP contribution < -0.4 is 10.5 Å². The largest absolute Gasteiger partial charge is 0.483 e. The van der Waals surface area contributed by atoms with Crippen molar-refractivity contribution in [3.63, 3.8) is 0 Å². The molecule has 0 aliphatic heterocycles. The van der Waals surface area contributed by atoms with Crippen molar-refractivity contribution in [1.29, 1.82) is 0 Å². The Morgan fingerprint density at radius 2 is 2.21 bits per heavy atom. The Kier molecular flexibility index (Phi) is 4.96. The second kappa shape index (κ2) is 6.50. The smallest absolute Gasteiger partial charge is 0.148 e. The van der Waals surface area contributed by atoms with Crippen molar-refractivity contribution in [3.8, 4) is 5.75 Å². The van der Waals surface area contributed by atoms with Crippen molar-refractivity contribution in [1.82, 2.24) is 0 Å². The summed E-state index contributed by atoms with van der Waals surface area (Å²) >= 11 is 4.72. The van der Waals surface area contributed by atoms with Gasteiger partial charge >= 0.3 is 0 Å². The van der Waals surface area contributed by atoms with E-state index in [0.29, 0.717) is 10.2 Å². The van der Waals surface area contributed by atoms with Gasteiger partial charge < -0.3 is 10.5 Å². The van der Waals surface area contributed by atoms with Gasteiger partial charge in [-0.05, 0) is 45.9 Å². The molecule has 2 N–H and O–H groups in total. The second-order valence-corrected chi connectivity index (χ2v) is 6.04. The van der Waals surface area contributed by atoms with Crippen LogP contribution in [-0.2, 0) is 0 Å². The number of ether oxygens (including phenoxy) is 1. The summed E-state index contributed by atoms with van der Waals surface area (Å²) in [5, 5.41) is 1.98. The quantitative estimate of drug-likeness (QED) is 0.866. The fourth-order valence-corrected chi connectivity index (χ4v) is 2.80. The van der Waals surface area contributed by atoms with Crippen molar-refractivity contribution in [2.24, 2.45) is 5.73 Å². The summed E-state index contributed by atoms with van der Waals surface area (Å²) in [6, 6.07) is 8.56. The SMILES string of the molecule is CCC(N)C(Oc1ccc(Br)c(F)c1)c1cccs1. The maximum atomic E-state index is 13.5. The molecule has 1 heterocycles. The van der Waals surface area contributed by atoms with Gasteiger partial charge in [-0.1, -0.05) is 13.0 Å². The van der Waals surface area contributed by atoms with Gasteiger partial charge in [0.25, 0.3) is 0 Å². The van der Waals surface area contributed by atoms with E-state index in [1.807, 2.05) is 24.4 Å². The summed E-state index contributed by atoms with van der Waals surface area (Å²) in [6.45, 7) is 2.01. The monoisotopic (exact) mass is 343 g/mol. The van der Waals surface area contributed by atoms with Gasteiger partial charge in [0.05, 0.1) is 4.47 Å². The van der Waals surface area contributed by atoms with Gasteiger partial charge in [-0.2, -0.15) is 0 Å². The Hall–Kier alpha value is -0.910. The molecular formula is C14H15BrFNOS. The van der Waals surface area contributed by atoms with E-state index >= 15 is 0 Å². The predicted molar refractivity (Wildman–Crippen MR) is 80.1 cm³/mol. The van der Waals surface area contributed by atoms with E-state index < -0.39 is 0 Å². The Balaban J connectivity index is 2.23. The minimum atomic E-state index is -0.340. The third-order valence-corrected chi connectivity index (χ3v) is 4.41. The lowest BCUT2D eigenvalue weighted by molar-refractivity contribution is 0.174. The highest BCUT2D eigenvalue weighted by atomic mass is 79.9. The number of nitrogens with two attached hydrogens (primary N) is 1. The number of halogens is 2. The average Bonchev–Trinajstić information content (AvgIpc) is 2.93. The highest BCUT2D eigenvalue weighted by Crippen LogP contribution is 2.30. The first-order valence-electron chi connectivity index (χ1n) is 6.02. The van der Waals surface area contributed by atoms with E-state index in [9.17, 15) is 4.39 Å². The highest BCUT2D eigenvalue weighted by Gasteiger charge is 2.21. The van der Waals surface area contributed by atoms with Gasteiger partial charge in [-0.15, -0.1) is 11.3 Å². The molecule has 2 rings (SSSR count). The topological polar surface area (TPSA) is 35.2 Å². The Morgan fingerprint density at radius 1 is 1.42 bits per heavy atom. The molecule has 19 heavy (non-hydrogen) atoms. The summed E-state index contributed by atoms with van der Waals surface area (Å²) in [6.07, 6.45) is 0.548. The molecule has 0 radical (unpaired) electrons. The zero-order valence-electron chi connectivity index (χ0n) is 10.5. The standard InChI is InChI=1S/C14H15BrFNOS/c1-2-12(17)14(13-4-3-7-19-13)18-9-5-6-10(15)11(16)8-9/h3-8,12,14H,2,17H2,1H3. The summed E-state index contributed by atoms with van der Waals surface area (Å²) in [7, 11) is 0.